The smallest absolute Gasteiger partial charge is 0.229 e. The number of nitrogens with zero attached hydrogens (tertiary/aromatic N) is 1. The molecule has 27 heavy (non-hydrogen) atoms. The van der Waals surface area contributed by atoms with Crippen LogP contribution < -0.4 is 5.32 Å². The summed E-state index contributed by atoms with van der Waals surface area (Å²) in [5.74, 6) is 0.0578. The molecule has 2 aromatic carbocycles. The van der Waals surface area contributed by atoms with Gasteiger partial charge in [-0.1, -0.05) is 62.4 Å². The van der Waals surface area contributed by atoms with Crippen LogP contribution in [0.25, 0.3) is 0 Å². The second-order valence-corrected chi connectivity index (χ2v) is 7.66. The topological polar surface area (TPSA) is 49.4 Å². The zero-order valence-corrected chi connectivity index (χ0v) is 16.4. The molecule has 2 amide bonds. The van der Waals surface area contributed by atoms with Crippen molar-refractivity contribution in [3.63, 3.8) is 0 Å². The molecule has 1 aliphatic heterocycles. The van der Waals surface area contributed by atoms with E-state index in [1.807, 2.05) is 42.2 Å². The van der Waals surface area contributed by atoms with Crippen molar-refractivity contribution in [2.24, 2.45) is 5.92 Å². The number of benzene rings is 2. The van der Waals surface area contributed by atoms with Crippen molar-refractivity contribution in [2.45, 2.75) is 39.5 Å². The molecule has 1 N–H and O–H groups in total. The number of rotatable bonds is 6. The molecule has 0 aliphatic carbocycles. The van der Waals surface area contributed by atoms with E-state index in [1.54, 1.807) is 0 Å². The summed E-state index contributed by atoms with van der Waals surface area (Å²) in [6, 6.07) is 16.2. The monoisotopic (exact) mass is 364 g/mol. The predicted molar refractivity (Wildman–Crippen MR) is 109 cm³/mol. The fourth-order valence-corrected chi connectivity index (χ4v) is 3.64. The molecule has 1 heterocycles. The third-order valence-electron chi connectivity index (χ3n) is 5.27. The Bertz CT molecular complexity index is 814. The van der Waals surface area contributed by atoms with E-state index in [0.717, 1.165) is 23.2 Å². The van der Waals surface area contributed by atoms with Crippen LogP contribution in [0.3, 0.4) is 0 Å². The van der Waals surface area contributed by atoms with Gasteiger partial charge in [-0.25, -0.2) is 0 Å². The normalized spacial score (nSPS) is 16.8. The van der Waals surface area contributed by atoms with Gasteiger partial charge in [0.05, 0.1) is 5.92 Å². The average molecular weight is 364 g/mol. The number of carbonyl (C=O) groups excluding carboxylic acids is 2. The number of aryl methyl sites for hydroxylation is 1. The third kappa shape index (κ3) is 4.57. The Hall–Kier alpha value is -2.62. The number of amides is 2. The van der Waals surface area contributed by atoms with Gasteiger partial charge in [0.25, 0.3) is 0 Å². The van der Waals surface area contributed by atoms with E-state index in [0.29, 0.717) is 25.4 Å². The molecule has 0 saturated carbocycles. The van der Waals surface area contributed by atoms with E-state index in [2.05, 4.69) is 37.4 Å². The number of likely N-dealkylation sites (tertiary alicyclic amines) is 1. The maximum atomic E-state index is 12.8. The summed E-state index contributed by atoms with van der Waals surface area (Å²) >= 11 is 0. The minimum Gasteiger partial charge on any atom is -0.342 e. The maximum absolute atomic E-state index is 12.8. The molecular weight excluding hydrogens is 336 g/mol. The van der Waals surface area contributed by atoms with E-state index in [-0.39, 0.29) is 17.7 Å². The largest absolute Gasteiger partial charge is 0.342 e. The molecule has 4 heteroatoms. The van der Waals surface area contributed by atoms with Crippen molar-refractivity contribution in [1.29, 1.82) is 0 Å². The highest BCUT2D eigenvalue weighted by molar-refractivity contribution is 5.98. The van der Waals surface area contributed by atoms with Crippen LogP contribution in [-0.4, -0.2) is 29.8 Å². The second kappa shape index (κ2) is 8.38. The lowest BCUT2D eigenvalue weighted by atomic mass is 9.97. The van der Waals surface area contributed by atoms with Gasteiger partial charge in [0.15, 0.2) is 0 Å². The molecule has 142 valence electrons. The van der Waals surface area contributed by atoms with Crippen LogP contribution in [0.5, 0.6) is 0 Å². The summed E-state index contributed by atoms with van der Waals surface area (Å²) in [6.45, 7) is 7.41. The van der Waals surface area contributed by atoms with Gasteiger partial charge in [-0.3, -0.25) is 9.59 Å². The van der Waals surface area contributed by atoms with Gasteiger partial charge in [-0.2, -0.15) is 0 Å². The van der Waals surface area contributed by atoms with E-state index in [4.69, 9.17) is 0 Å². The number of para-hydroxylation sites is 1. The second-order valence-electron chi connectivity index (χ2n) is 7.66. The number of hydrogen-bond donors (Lipinski definition) is 1. The van der Waals surface area contributed by atoms with Gasteiger partial charge in [-0.15, -0.1) is 0 Å². The lowest BCUT2D eigenvalue weighted by Crippen LogP contribution is -2.30. The quantitative estimate of drug-likeness (QED) is 0.837. The van der Waals surface area contributed by atoms with E-state index in [9.17, 15) is 9.59 Å². The molecular formula is C23H28N2O2. The number of hydrogen-bond acceptors (Lipinski definition) is 2. The van der Waals surface area contributed by atoms with Crippen molar-refractivity contribution in [1.82, 2.24) is 4.90 Å². The molecule has 1 atom stereocenters. The minimum atomic E-state index is -0.284. The zero-order valence-electron chi connectivity index (χ0n) is 16.4. The number of nitrogens with one attached hydrogen (secondary N) is 1. The lowest BCUT2D eigenvalue weighted by molar-refractivity contribution is -0.128. The number of carbonyl (C=O) groups is 2. The Balaban J connectivity index is 1.63. The van der Waals surface area contributed by atoms with Gasteiger partial charge in [0.1, 0.15) is 0 Å². The van der Waals surface area contributed by atoms with Gasteiger partial charge in [0, 0.05) is 25.2 Å². The van der Waals surface area contributed by atoms with Gasteiger partial charge in [0.2, 0.25) is 11.8 Å². The molecule has 0 unspecified atom stereocenters. The van der Waals surface area contributed by atoms with Crippen LogP contribution in [0, 0.1) is 12.8 Å². The summed E-state index contributed by atoms with van der Waals surface area (Å²) < 4.78 is 0. The highest BCUT2D eigenvalue weighted by Crippen LogP contribution is 2.29. The van der Waals surface area contributed by atoms with Gasteiger partial charge >= 0.3 is 0 Å². The standard InChI is InChI=1S/C23H28N2O2/c1-16(2)20-11-7-8-17(3)22(20)24-23(27)19-14-21(26)25(15-19)13-12-18-9-5-4-6-10-18/h4-11,16,19H,12-15H2,1-3H3,(H,24,27)/t19-/m1/s1. The zero-order chi connectivity index (χ0) is 19.4. The summed E-state index contributed by atoms with van der Waals surface area (Å²) in [7, 11) is 0. The summed E-state index contributed by atoms with van der Waals surface area (Å²) in [6.07, 6.45) is 1.11. The van der Waals surface area contributed by atoms with Gasteiger partial charge in [-0.05, 0) is 36.0 Å². The molecule has 3 rings (SSSR count). The lowest BCUT2D eigenvalue weighted by Gasteiger charge is -2.19. The third-order valence-corrected chi connectivity index (χ3v) is 5.27. The molecule has 0 spiro atoms. The van der Waals surface area contributed by atoms with Crippen LogP contribution in [0.4, 0.5) is 5.69 Å². The molecule has 1 fully saturated rings. The van der Waals surface area contributed by atoms with Crippen LogP contribution in [0.15, 0.2) is 48.5 Å². The maximum Gasteiger partial charge on any atom is 0.229 e. The Kier molecular flexibility index (Phi) is 5.94. The van der Waals surface area contributed by atoms with E-state index < -0.39 is 0 Å². The molecule has 1 aliphatic rings. The Morgan fingerprint density at radius 1 is 1.15 bits per heavy atom. The van der Waals surface area contributed by atoms with Crippen LogP contribution in [0.2, 0.25) is 0 Å². The number of anilines is 1. The van der Waals surface area contributed by atoms with Crippen molar-refractivity contribution in [3.8, 4) is 0 Å². The average Bonchev–Trinajstić information content (AvgIpc) is 3.03. The fraction of sp³-hybridized carbons (Fsp3) is 0.391. The molecule has 4 nitrogen and oxygen atoms in total. The molecule has 0 bridgehead atoms. The Morgan fingerprint density at radius 2 is 1.89 bits per heavy atom. The predicted octanol–water partition coefficient (Wildman–Crippen LogP) is 4.15. The minimum absolute atomic E-state index is 0.0539. The summed E-state index contributed by atoms with van der Waals surface area (Å²) in [5.41, 5.74) is 4.29. The van der Waals surface area contributed by atoms with Crippen molar-refractivity contribution in [2.75, 3.05) is 18.4 Å². The molecule has 0 aromatic heterocycles. The van der Waals surface area contributed by atoms with Gasteiger partial charge < -0.3 is 10.2 Å². The van der Waals surface area contributed by atoms with Crippen molar-refractivity contribution >= 4 is 17.5 Å². The first-order valence-corrected chi connectivity index (χ1v) is 9.67. The highest BCUT2D eigenvalue weighted by Gasteiger charge is 2.34. The first-order chi connectivity index (χ1) is 13.0. The Morgan fingerprint density at radius 3 is 2.59 bits per heavy atom. The van der Waals surface area contributed by atoms with Crippen LogP contribution in [-0.2, 0) is 16.0 Å². The SMILES string of the molecule is Cc1cccc(C(C)C)c1NC(=O)[C@@H]1CC(=O)N(CCc2ccccc2)C1. The molecule has 0 radical (unpaired) electrons. The first kappa shape index (κ1) is 19.2. The van der Waals surface area contributed by atoms with E-state index in [1.165, 1.54) is 5.56 Å². The van der Waals surface area contributed by atoms with Crippen molar-refractivity contribution < 1.29 is 9.59 Å². The molecule has 1 saturated heterocycles. The first-order valence-electron chi connectivity index (χ1n) is 9.67. The highest BCUT2D eigenvalue weighted by atomic mass is 16.2. The fourth-order valence-electron chi connectivity index (χ4n) is 3.64. The Labute approximate surface area is 161 Å². The van der Waals surface area contributed by atoms with Crippen LogP contribution in [0.1, 0.15) is 42.9 Å². The molecule has 2 aromatic rings. The van der Waals surface area contributed by atoms with Crippen molar-refractivity contribution in [3.05, 3.63) is 65.2 Å². The van der Waals surface area contributed by atoms with E-state index >= 15 is 0 Å². The van der Waals surface area contributed by atoms with Crippen LogP contribution >= 0.6 is 0 Å². The summed E-state index contributed by atoms with van der Waals surface area (Å²) in [4.78, 5) is 27.0. The summed E-state index contributed by atoms with van der Waals surface area (Å²) in [5, 5.41) is 3.10.